The molecule has 0 heterocycles. The molecule has 0 bridgehead atoms. The zero-order valence-corrected chi connectivity index (χ0v) is 9.35. The third-order valence-corrected chi connectivity index (χ3v) is 3.33. The van der Waals surface area contributed by atoms with Gasteiger partial charge in [-0.3, -0.25) is 0 Å². The first-order valence-corrected chi connectivity index (χ1v) is 5.61. The van der Waals surface area contributed by atoms with Crippen LogP contribution in [0.5, 0.6) is 0 Å². The van der Waals surface area contributed by atoms with Crippen molar-refractivity contribution in [1.82, 2.24) is 0 Å². The van der Waals surface area contributed by atoms with Crippen molar-refractivity contribution >= 4 is 5.69 Å². The number of alkyl halides is 3. The Morgan fingerprint density at radius 3 is 2.35 bits per heavy atom. The molecule has 1 aliphatic carbocycles. The van der Waals surface area contributed by atoms with Crippen LogP contribution >= 0.6 is 0 Å². The van der Waals surface area contributed by atoms with Crippen LogP contribution in [-0.2, 0) is 6.18 Å². The Balaban J connectivity index is 2.27. The summed E-state index contributed by atoms with van der Waals surface area (Å²) in [4.78, 5) is 0. The van der Waals surface area contributed by atoms with Gasteiger partial charge in [-0.25, -0.2) is 0 Å². The second-order valence-corrected chi connectivity index (χ2v) is 4.51. The van der Waals surface area contributed by atoms with Crippen molar-refractivity contribution < 1.29 is 13.2 Å². The van der Waals surface area contributed by atoms with Gasteiger partial charge in [0.2, 0.25) is 0 Å². The number of nitrogens with two attached hydrogens (primary N) is 1. The standard InChI is InChI=1S/C12H15F3N2/c13-12(14,15)9-4-1-2-5-10(9)17-11(8-16)6-3-7-11/h1-2,4-5,17H,3,6-8,16H2. The molecule has 0 aromatic heterocycles. The Morgan fingerprint density at radius 1 is 1.24 bits per heavy atom. The largest absolute Gasteiger partial charge is 0.418 e. The van der Waals surface area contributed by atoms with E-state index in [1.807, 2.05) is 0 Å². The molecule has 5 heteroatoms. The minimum atomic E-state index is -4.33. The Bertz CT molecular complexity index is 391. The third kappa shape index (κ3) is 2.39. The molecule has 3 N–H and O–H groups in total. The Labute approximate surface area is 98.0 Å². The van der Waals surface area contributed by atoms with Gasteiger partial charge in [0, 0.05) is 17.8 Å². The third-order valence-electron chi connectivity index (χ3n) is 3.33. The lowest BCUT2D eigenvalue weighted by Crippen LogP contribution is -2.51. The maximum absolute atomic E-state index is 12.8. The number of hydrogen-bond acceptors (Lipinski definition) is 2. The van der Waals surface area contributed by atoms with E-state index in [1.54, 1.807) is 6.07 Å². The normalized spacial score (nSPS) is 18.6. The molecule has 94 valence electrons. The lowest BCUT2D eigenvalue weighted by atomic mass is 9.76. The zero-order valence-electron chi connectivity index (χ0n) is 9.35. The number of hydrogen-bond donors (Lipinski definition) is 2. The van der Waals surface area contributed by atoms with E-state index in [0.717, 1.165) is 25.3 Å². The van der Waals surface area contributed by atoms with Crippen molar-refractivity contribution in [1.29, 1.82) is 0 Å². The van der Waals surface area contributed by atoms with Crippen molar-refractivity contribution in [2.45, 2.75) is 31.0 Å². The highest BCUT2D eigenvalue weighted by Crippen LogP contribution is 2.39. The van der Waals surface area contributed by atoms with E-state index < -0.39 is 11.7 Å². The Kier molecular flexibility index (Phi) is 3.03. The maximum Gasteiger partial charge on any atom is 0.418 e. The number of rotatable bonds is 3. The summed E-state index contributed by atoms with van der Waals surface area (Å²) in [5.41, 5.74) is 4.79. The van der Waals surface area contributed by atoms with Crippen LogP contribution in [0, 0.1) is 0 Å². The summed E-state index contributed by atoms with van der Waals surface area (Å²) in [5, 5.41) is 2.97. The number of halogens is 3. The van der Waals surface area contributed by atoms with Crippen LogP contribution in [0.25, 0.3) is 0 Å². The fourth-order valence-corrected chi connectivity index (χ4v) is 2.11. The summed E-state index contributed by atoms with van der Waals surface area (Å²) in [6.45, 7) is 0.360. The van der Waals surface area contributed by atoms with Crippen LogP contribution in [0.2, 0.25) is 0 Å². The molecule has 17 heavy (non-hydrogen) atoms. The predicted molar refractivity (Wildman–Crippen MR) is 60.7 cm³/mol. The van der Waals surface area contributed by atoms with Crippen molar-refractivity contribution in [2.24, 2.45) is 5.73 Å². The van der Waals surface area contributed by atoms with Gasteiger partial charge in [0.15, 0.2) is 0 Å². The van der Waals surface area contributed by atoms with Crippen molar-refractivity contribution in [2.75, 3.05) is 11.9 Å². The minimum absolute atomic E-state index is 0.130. The van der Waals surface area contributed by atoms with Crippen molar-refractivity contribution in [3.8, 4) is 0 Å². The molecule has 0 saturated heterocycles. The van der Waals surface area contributed by atoms with Crippen LogP contribution < -0.4 is 11.1 Å². The summed E-state index contributed by atoms with van der Waals surface area (Å²) < 4.78 is 38.3. The average Bonchev–Trinajstić information content (AvgIpc) is 2.23. The first-order valence-electron chi connectivity index (χ1n) is 5.61. The topological polar surface area (TPSA) is 38.0 Å². The van der Waals surface area contributed by atoms with Gasteiger partial charge in [-0.05, 0) is 31.4 Å². The van der Waals surface area contributed by atoms with Crippen LogP contribution in [0.15, 0.2) is 24.3 Å². The Hall–Kier alpha value is -1.23. The summed E-state index contributed by atoms with van der Waals surface area (Å²) in [7, 11) is 0. The summed E-state index contributed by atoms with van der Waals surface area (Å²) in [6.07, 6.45) is -1.66. The van der Waals surface area contributed by atoms with Gasteiger partial charge in [-0.2, -0.15) is 13.2 Å². The molecular formula is C12H15F3N2. The van der Waals surface area contributed by atoms with Gasteiger partial charge >= 0.3 is 6.18 Å². The van der Waals surface area contributed by atoms with Gasteiger partial charge in [-0.15, -0.1) is 0 Å². The van der Waals surface area contributed by atoms with Crippen LogP contribution in [0.4, 0.5) is 18.9 Å². The summed E-state index contributed by atoms with van der Waals surface area (Å²) in [5.74, 6) is 0. The highest BCUT2D eigenvalue weighted by molar-refractivity contribution is 5.54. The molecule has 0 spiro atoms. The fraction of sp³-hybridized carbons (Fsp3) is 0.500. The molecule has 0 unspecified atom stereocenters. The molecule has 0 atom stereocenters. The number of benzene rings is 1. The van der Waals surface area contributed by atoms with E-state index in [9.17, 15) is 13.2 Å². The number of para-hydroxylation sites is 1. The lowest BCUT2D eigenvalue weighted by molar-refractivity contribution is -0.137. The minimum Gasteiger partial charge on any atom is -0.378 e. The van der Waals surface area contributed by atoms with E-state index >= 15 is 0 Å². The predicted octanol–water partition coefficient (Wildman–Crippen LogP) is 3.00. The first kappa shape index (κ1) is 12.2. The molecule has 1 saturated carbocycles. The summed E-state index contributed by atoms with van der Waals surface area (Å²) >= 11 is 0. The molecule has 0 radical (unpaired) electrons. The van der Waals surface area contributed by atoms with E-state index in [2.05, 4.69) is 5.32 Å². The number of anilines is 1. The number of nitrogens with one attached hydrogen (secondary N) is 1. The van der Waals surface area contributed by atoms with Gasteiger partial charge in [-0.1, -0.05) is 12.1 Å². The molecule has 1 fully saturated rings. The molecule has 2 nitrogen and oxygen atoms in total. The second kappa shape index (κ2) is 4.22. The maximum atomic E-state index is 12.8. The molecule has 1 aromatic carbocycles. The van der Waals surface area contributed by atoms with E-state index in [0.29, 0.717) is 6.54 Å². The van der Waals surface area contributed by atoms with E-state index in [-0.39, 0.29) is 11.2 Å². The van der Waals surface area contributed by atoms with Gasteiger partial charge < -0.3 is 11.1 Å². The second-order valence-electron chi connectivity index (χ2n) is 4.51. The highest BCUT2D eigenvalue weighted by atomic mass is 19.4. The fourth-order valence-electron chi connectivity index (χ4n) is 2.11. The monoisotopic (exact) mass is 244 g/mol. The zero-order chi connectivity index (χ0) is 12.5. The van der Waals surface area contributed by atoms with E-state index in [4.69, 9.17) is 5.73 Å². The van der Waals surface area contributed by atoms with Crippen molar-refractivity contribution in [3.05, 3.63) is 29.8 Å². The van der Waals surface area contributed by atoms with E-state index in [1.165, 1.54) is 12.1 Å². The van der Waals surface area contributed by atoms with Crippen LogP contribution in [-0.4, -0.2) is 12.1 Å². The van der Waals surface area contributed by atoms with Gasteiger partial charge in [0.1, 0.15) is 0 Å². The summed E-state index contributed by atoms with van der Waals surface area (Å²) in [6, 6.07) is 5.54. The van der Waals surface area contributed by atoms with Gasteiger partial charge in [0.25, 0.3) is 0 Å². The molecule has 0 amide bonds. The van der Waals surface area contributed by atoms with Crippen LogP contribution in [0.3, 0.4) is 0 Å². The van der Waals surface area contributed by atoms with Gasteiger partial charge in [0.05, 0.1) is 5.56 Å². The molecule has 0 aliphatic heterocycles. The molecule has 1 aromatic rings. The first-order chi connectivity index (χ1) is 7.97. The SMILES string of the molecule is NCC1(Nc2ccccc2C(F)(F)F)CCC1. The molecule has 1 aliphatic rings. The lowest BCUT2D eigenvalue weighted by Gasteiger charge is -2.43. The Morgan fingerprint density at radius 2 is 1.88 bits per heavy atom. The van der Waals surface area contributed by atoms with Crippen molar-refractivity contribution in [3.63, 3.8) is 0 Å². The molecule has 2 rings (SSSR count). The van der Waals surface area contributed by atoms with Crippen LogP contribution in [0.1, 0.15) is 24.8 Å². The highest BCUT2D eigenvalue weighted by Gasteiger charge is 2.39. The quantitative estimate of drug-likeness (QED) is 0.857. The average molecular weight is 244 g/mol. The smallest absolute Gasteiger partial charge is 0.378 e. The molecular weight excluding hydrogens is 229 g/mol.